The minimum absolute atomic E-state index is 0.216. The van der Waals surface area contributed by atoms with Gasteiger partial charge in [-0.25, -0.2) is 9.37 Å². The third-order valence-corrected chi connectivity index (χ3v) is 6.50. The highest BCUT2D eigenvalue weighted by atomic mass is 35.5. The zero-order valence-electron chi connectivity index (χ0n) is 18.0. The van der Waals surface area contributed by atoms with Crippen LogP contribution in [0.2, 0.25) is 10.2 Å². The standard InChI is InChI=1S/C25H18Cl2FN5O/c1-32-12-14-10-13(2-9-20(14)31-32)21-22(29-16-5-6-16)18-11-19(28)23(27)30-24(18)33(25(21)34)17-7-3-15(26)4-8-17/h2-4,7-12,16,29H,5-6H2,1H3. The second kappa shape index (κ2) is 7.82. The Morgan fingerprint density at radius 2 is 1.85 bits per heavy atom. The molecule has 2 aromatic carbocycles. The average molecular weight is 494 g/mol. The third kappa shape index (κ3) is 3.52. The summed E-state index contributed by atoms with van der Waals surface area (Å²) in [5.41, 5.74) is 3.04. The Balaban J connectivity index is 1.74. The highest BCUT2D eigenvalue weighted by Crippen LogP contribution is 2.38. The maximum absolute atomic E-state index is 14.7. The minimum atomic E-state index is -0.650. The van der Waals surface area contributed by atoms with Gasteiger partial charge in [0.05, 0.1) is 22.5 Å². The lowest BCUT2D eigenvalue weighted by atomic mass is 10.0. The normalized spacial score (nSPS) is 13.6. The van der Waals surface area contributed by atoms with Gasteiger partial charge in [0.1, 0.15) is 0 Å². The number of aryl methyl sites for hydroxylation is 1. The molecule has 1 fully saturated rings. The zero-order chi connectivity index (χ0) is 23.6. The number of nitrogens with one attached hydrogen (secondary N) is 1. The Bertz CT molecular complexity index is 1660. The Kier molecular flexibility index (Phi) is 4.86. The molecule has 3 aromatic heterocycles. The van der Waals surface area contributed by atoms with Crippen LogP contribution in [0.3, 0.4) is 0 Å². The van der Waals surface area contributed by atoms with Crippen molar-refractivity contribution in [2.45, 2.75) is 18.9 Å². The third-order valence-electron chi connectivity index (χ3n) is 5.98. The average Bonchev–Trinajstić information content (AvgIpc) is 3.54. The fourth-order valence-corrected chi connectivity index (χ4v) is 4.51. The molecule has 0 aliphatic heterocycles. The smallest absolute Gasteiger partial charge is 0.266 e. The van der Waals surface area contributed by atoms with Crippen molar-refractivity contribution in [1.82, 2.24) is 19.3 Å². The summed E-state index contributed by atoms with van der Waals surface area (Å²) in [5, 5.41) is 9.49. The molecule has 0 unspecified atom stereocenters. The van der Waals surface area contributed by atoms with Gasteiger partial charge in [0.25, 0.3) is 5.56 Å². The maximum atomic E-state index is 14.7. The van der Waals surface area contributed by atoms with Crippen LogP contribution >= 0.6 is 23.2 Å². The van der Waals surface area contributed by atoms with E-state index in [-0.39, 0.29) is 22.4 Å². The first kappa shape index (κ1) is 21.1. The molecule has 34 heavy (non-hydrogen) atoms. The summed E-state index contributed by atoms with van der Waals surface area (Å²) in [6.07, 6.45) is 3.85. The van der Waals surface area contributed by atoms with Gasteiger partial charge in [-0.15, -0.1) is 0 Å². The molecule has 1 aliphatic carbocycles. The topological polar surface area (TPSA) is 64.7 Å². The molecule has 0 amide bonds. The number of benzene rings is 2. The number of fused-ring (bicyclic) bond motifs is 2. The number of anilines is 1. The summed E-state index contributed by atoms with van der Waals surface area (Å²) in [5.74, 6) is -0.650. The summed E-state index contributed by atoms with van der Waals surface area (Å²) < 4.78 is 17.9. The molecule has 1 aliphatic rings. The Morgan fingerprint density at radius 1 is 1.09 bits per heavy atom. The van der Waals surface area contributed by atoms with E-state index in [1.807, 2.05) is 31.4 Å². The van der Waals surface area contributed by atoms with Crippen molar-refractivity contribution in [2.75, 3.05) is 5.32 Å². The summed E-state index contributed by atoms with van der Waals surface area (Å²) in [6.45, 7) is 0. The lowest BCUT2D eigenvalue weighted by molar-refractivity contribution is 0.624. The van der Waals surface area contributed by atoms with Crippen LogP contribution in [0.25, 0.3) is 38.8 Å². The molecule has 1 N–H and O–H groups in total. The van der Waals surface area contributed by atoms with Crippen LogP contribution in [-0.4, -0.2) is 25.4 Å². The van der Waals surface area contributed by atoms with Crippen molar-refractivity contribution in [3.05, 3.63) is 81.1 Å². The maximum Gasteiger partial charge on any atom is 0.266 e. The van der Waals surface area contributed by atoms with Crippen molar-refractivity contribution in [2.24, 2.45) is 7.05 Å². The molecule has 0 atom stereocenters. The van der Waals surface area contributed by atoms with E-state index >= 15 is 0 Å². The van der Waals surface area contributed by atoms with Crippen LogP contribution in [0.5, 0.6) is 0 Å². The molecule has 5 aromatic rings. The molecule has 0 radical (unpaired) electrons. The lowest BCUT2D eigenvalue weighted by Gasteiger charge is -2.19. The van der Waals surface area contributed by atoms with Crippen molar-refractivity contribution < 1.29 is 4.39 Å². The number of nitrogens with zero attached hydrogens (tertiary/aromatic N) is 4. The van der Waals surface area contributed by atoms with Gasteiger partial charge < -0.3 is 5.32 Å². The SMILES string of the molecule is Cn1cc2cc(-c3c(NC4CC4)c4cc(F)c(Cl)nc4n(-c4ccc(Cl)cc4)c3=O)ccc2n1. The van der Waals surface area contributed by atoms with Crippen LogP contribution < -0.4 is 10.9 Å². The van der Waals surface area contributed by atoms with Gasteiger partial charge in [-0.05, 0) is 60.9 Å². The summed E-state index contributed by atoms with van der Waals surface area (Å²) in [7, 11) is 1.85. The van der Waals surface area contributed by atoms with Crippen molar-refractivity contribution in [3.63, 3.8) is 0 Å². The number of pyridine rings is 2. The van der Waals surface area contributed by atoms with Gasteiger partial charge in [-0.2, -0.15) is 5.10 Å². The molecular weight excluding hydrogens is 476 g/mol. The van der Waals surface area contributed by atoms with E-state index in [0.717, 1.165) is 23.7 Å². The molecule has 3 heterocycles. The van der Waals surface area contributed by atoms with E-state index in [4.69, 9.17) is 23.2 Å². The number of rotatable bonds is 4. The molecule has 1 saturated carbocycles. The summed E-state index contributed by atoms with van der Waals surface area (Å²) in [4.78, 5) is 18.4. The quantitative estimate of drug-likeness (QED) is 0.313. The van der Waals surface area contributed by atoms with Gasteiger partial charge in [-0.1, -0.05) is 29.3 Å². The first-order valence-electron chi connectivity index (χ1n) is 10.8. The largest absolute Gasteiger partial charge is 0.381 e. The fraction of sp³-hybridized carbons (Fsp3) is 0.160. The van der Waals surface area contributed by atoms with Gasteiger partial charge in [-0.3, -0.25) is 14.0 Å². The van der Waals surface area contributed by atoms with Gasteiger partial charge in [0.15, 0.2) is 16.6 Å². The van der Waals surface area contributed by atoms with E-state index in [1.165, 1.54) is 10.6 Å². The molecule has 6 rings (SSSR count). The van der Waals surface area contributed by atoms with E-state index in [9.17, 15) is 9.18 Å². The molecule has 9 heteroatoms. The molecule has 170 valence electrons. The summed E-state index contributed by atoms with van der Waals surface area (Å²) >= 11 is 12.2. The first-order chi connectivity index (χ1) is 16.4. The van der Waals surface area contributed by atoms with E-state index in [2.05, 4.69) is 15.4 Å². The number of halogens is 3. The van der Waals surface area contributed by atoms with Crippen molar-refractivity contribution >= 4 is 50.8 Å². The number of hydrogen-bond acceptors (Lipinski definition) is 4. The summed E-state index contributed by atoms with van der Waals surface area (Å²) in [6, 6.07) is 14.1. The van der Waals surface area contributed by atoms with Crippen molar-refractivity contribution in [1.29, 1.82) is 0 Å². The molecule has 0 bridgehead atoms. The van der Waals surface area contributed by atoms with Gasteiger partial charge in [0, 0.05) is 35.1 Å². The second-order valence-electron chi connectivity index (χ2n) is 8.49. The van der Waals surface area contributed by atoms with Crippen LogP contribution in [-0.2, 0) is 7.05 Å². The Morgan fingerprint density at radius 3 is 2.59 bits per heavy atom. The number of aromatic nitrogens is 4. The van der Waals surface area contributed by atoms with Crippen LogP contribution in [0, 0.1) is 5.82 Å². The van der Waals surface area contributed by atoms with Gasteiger partial charge >= 0.3 is 0 Å². The molecule has 6 nitrogen and oxygen atoms in total. The molecule has 0 spiro atoms. The molecular formula is C25H18Cl2FN5O. The highest BCUT2D eigenvalue weighted by molar-refractivity contribution is 6.30. The zero-order valence-corrected chi connectivity index (χ0v) is 19.5. The second-order valence-corrected chi connectivity index (χ2v) is 9.29. The molecule has 0 saturated heterocycles. The van der Waals surface area contributed by atoms with Gasteiger partial charge in [0.2, 0.25) is 0 Å². The predicted molar refractivity (Wildman–Crippen MR) is 134 cm³/mol. The first-order valence-corrected chi connectivity index (χ1v) is 11.6. The number of hydrogen-bond donors (Lipinski definition) is 1. The van der Waals surface area contributed by atoms with Crippen LogP contribution in [0.1, 0.15) is 12.8 Å². The lowest BCUT2D eigenvalue weighted by Crippen LogP contribution is -2.24. The fourth-order valence-electron chi connectivity index (χ4n) is 4.25. The predicted octanol–water partition coefficient (Wildman–Crippen LogP) is 5.96. The highest BCUT2D eigenvalue weighted by Gasteiger charge is 2.27. The van der Waals surface area contributed by atoms with E-state index in [1.54, 1.807) is 28.9 Å². The Labute approximate surface area is 203 Å². The van der Waals surface area contributed by atoms with E-state index < -0.39 is 5.82 Å². The van der Waals surface area contributed by atoms with Crippen LogP contribution in [0.15, 0.2) is 59.5 Å². The Hall–Kier alpha value is -3.42. The monoisotopic (exact) mass is 493 g/mol. The van der Waals surface area contributed by atoms with E-state index in [0.29, 0.717) is 32.9 Å². The van der Waals surface area contributed by atoms with Crippen molar-refractivity contribution in [3.8, 4) is 16.8 Å². The minimum Gasteiger partial charge on any atom is -0.381 e. The van der Waals surface area contributed by atoms with Crippen LogP contribution in [0.4, 0.5) is 10.1 Å².